The van der Waals surface area contributed by atoms with Crippen molar-refractivity contribution in [2.45, 2.75) is 39.0 Å². The second kappa shape index (κ2) is 14.0. The zero-order chi connectivity index (χ0) is 17.5. The summed E-state index contributed by atoms with van der Waals surface area (Å²) in [6.45, 7) is 7.48. The monoisotopic (exact) mass is 342 g/mol. The van der Waals surface area contributed by atoms with E-state index < -0.39 is 0 Å². The van der Waals surface area contributed by atoms with Crippen molar-refractivity contribution in [3.8, 4) is 0 Å². The molecule has 7 nitrogen and oxygen atoms in total. The third kappa shape index (κ3) is 10.4. The van der Waals surface area contributed by atoms with Crippen LogP contribution in [0, 0.1) is 5.92 Å². The third-order valence-corrected chi connectivity index (χ3v) is 3.89. The van der Waals surface area contributed by atoms with Crippen LogP contribution in [0.4, 0.5) is 0 Å². The molecule has 0 aromatic rings. The number of carbonyl (C=O) groups excluding carboxylic acids is 1. The molecule has 1 fully saturated rings. The second-order valence-electron chi connectivity index (χ2n) is 6.01. The molecule has 1 amide bonds. The van der Waals surface area contributed by atoms with E-state index in [1.165, 1.54) is 0 Å². The Hall–Kier alpha value is -1.34. The van der Waals surface area contributed by atoms with E-state index in [4.69, 9.17) is 9.47 Å². The van der Waals surface area contributed by atoms with Gasteiger partial charge >= 0.3 is 0 Å². The van der Waals surface area contributed by atoms with Crippen LogP contribution in [0.1, 0.15) is 39.0 Å². The Morgan fingerprint density at radius 1 is 1.17 bits per heavy atom. The number of guanidine groups is 1. The summed E-state index contributed by atoms with van der Waals surface area (Å²) in [5.74, 6) is 1.45. The minimum absolute atomic E-state index is 0.0707. The van der Waals surface area contributed by atoms with Gasteiger partial charge < -0.3 is 25.4 Å². The zero-order valence-corrected chi connectivity index (χ0v) is 15.2. The predicted molar refractivity (Wildman–Crippen MR) is 96.3 cm³/mol. The second-order valence-corrected chi connectivity index (χ2v) is 6.01. The highest BCUT2D eigenvalue weighted by Crippen LogP contribution is 2.14. The highest BCUT2D eigenvalue weighted by Gasteiger charge is 2.13. The number of hydrogen-bond donors (Lipinski definition) is 3. The molecule has 0 bridgehead atoms. The summed E-state index contributed by atoms with van der Waals surface area (Å²) in [5, 5.41) is 9.23. The van der Waals surface area contributed by atoms with Crippen molar-refractivity contribution in [1.29, 1.82) is 0 Å². The molecule has 7 heteroatoms. The number of aliphatic imine (C=N–C) groups is 1. The molecule has 1 aliphatic rings. The smallest absolute Gasteiger partial charge is 0.221 e. The predicted octanol–water partition coefficient (Wildman–Crippen LogP) is 0.901. The standard InChI is InChI=1S/C17H34N4O3/c1-3-8-19-16(22)5-10-21-17(18-2)20-9-4-11-24-14-15-6-12-23-13-7-15/h15H,3-14H2,1-2H3,(H,19,22)(H2,18,20,21). The molecule has 1 saturated heterocycles. The van der Waals surface area contributed by atoms with Gasteiger partial charge in [-0.1, -0.05) is 6.92 Å². The van der Waals surface area contributed by atoms with Crippen LogP contribution >= 0.6 is 0 Å². The van der Waals surface area contributed by atoms with Crippen LogP contribution in [0.3, 0.4) is 0 Å². The topological polar surface area (TPSA) is 84.0 Å². The number of amides is 1. The fourth-order valence-corrected chi connectivity index (χ4v) is 2.41. The van der Waals surface area contributed by atoms with Crippen molar-refractivity contribution < 1.29 is 14.3 Å². The number of nitrogens with one attached hydrogen (secondary N) is 3. The van der Waals surface area contributed by atoms with Gasteiger partial charge in [-0.2, -0.15) is 0 Å². The highest BCUT2D eigenvalue weighted by molar-refractivity contribution is 5.81. The molecule has 140 valence electrons. The van der Waals surface area contributed by atoms with Gasteiger partial charge in [0.2, 0.25) is 5.91 Å². The fraction of sp³-hybridized carbons (Fsp3) is 0.882. The summed E-state index contributed by atoms with van der Waals surface area (Å²) >= 11 is 0. The number of ether oxygens (including phenoxy) is 2. The van der Waals surface area contributed by atoms with Gasteiger partial charge in [-0.15, -0.1) is 0 Å². The molecule has 1 rings (SSSR count). The summed E-state index contributed by atoms with van der Waals surface area (Å²) in [6, 6.07) is 0. The largest absolute Gasteiger partial charge is 0.381 e. The number of rotatable bonds is 11. The van der Waals surface area contributed by atoms with Gasteiger partial charge in [0.1, 0.15) is 0 Å². The Kier molecular flexibility index (Phi) is 12.1. The lowest BCUT2D eigenvalue weighted by Crippen LogP contribution is -2.40. The average Bonchev–Trinajstić information content (AvgIpc) is 2.62. The molecular weight excluding hydrogens is 308 g/mol. The van der Waals surface area contributed by atoms with E-state index in [0.717, 1.165) is 71.2 Å². The molecule has 0 radical (unpaired) electrons. The molecule has 0 aromatic carbocycles. The van der Waals surface area contributed by atoms with E-state index in [1.807, 2.05) is 6.92 Å². The molecular formula is C17H34N4O3. The Labute approximate surface area is 146 Å². The van der Waals surface area contributed by atoms with Crippen LogP contribution in [0.2, 0.25) is 0 Å². The van der Waals surface area contributed by atoms with E-state index in [1.54, 1.807) is 7.05 Å². The van der Waals surface area contributed by atoms with Crippen LogP contribution in [0.15, 0.2) is 4.99 Å². The number of carbonyl (C=O) groups is 1. The van der Waals surface area contributed by atoms with E-state index in [2.05, 4.69) is 20.9 Å². The quantitative estimate of drug-likeness (QED) is 0.295. The maximum atomic E-state index is 11.5. The molecule has 1 heterocycles. The van der Waals surface area contributed by atoms with Gasteiger partial charge in [0.05, 0.1) is 0 Å². The summed E-state index contributed by atoms with van der Waals surface area (Å²) in [7, 11) is 1.73. The van der Waals surface area contributed by atoms with Crippen molar-refractivity contribution >= 4 is 11.9 Å². The minimum Gasteiger partial charge on any atom is -0.381 e. The van der Waals surface area contributed by atoms with Crippen molar-refractivity contribution in [2.75, 3.05) is 53.1 Å². The summed E-state index contributed by atoms with van der Waals surface area (Å²) in [4.78, 5) is 15.6. The minimum atomic E-state index is 0.0707. The van der Waals surface area contributed by atoms with Crippen molar-refractivity contribution in [3.63, 3.8) is 0 Å². The molecule has 0 unspecified atom stereocenters. The first-order chi connectivity index (χ1) is 11.8. The maximum Gasteiger partial charge on any atom is 0.221 e. The Morgan fingerprint density at radius 2 is 1.92 bits per heavy atom. The summed E-state index contributed by atoms with van der Waals surface area (Å²) < 4.78 is 11.1. The average molecular weight is 342 g/mol. The Bertz CT molecular complexity index is 358. The molecule has 24 heavy (non-hydrogen) atoms. The zero-order valence-electron chi connectivity index (χ0n) is 15.2. The van der Waals surface area contributed by atoms with Gasteiger partial charge in [-0.3, -0.25) is 9.79 Å². The van der Waals surface area contributed by atoms with Crippen LogP contribution in [-0.2, 0) is 14.3 Å². The first-order valence-corrected chi connectivity index (χ1v) is 9.13. The van der Waals surface area contributed by atoms with Gasteiger partial charge in [-0.25, -0.2) is 0 Å². The number of hydrogen-bond acceptors (Lipinski definition) is 4. The molecule has 3 N–H and O–H groups in total. The van der Waals surface area contributed by atoms with Gasteiger partial charge in [0.25, 0.3) is 0 Å². The molecule has 1 aliphatic heterocycles. The lowest BCUT2D eigenvalue weighted by molar-refractivity contribution is -0.120. The highest BCUT2D eigenvalue weighted by atomic mass is 16.5. The van der Waals surface area contributed by atoms with Crippen LogP contribution in [-0.4, -0.2) is 65.0 Å². The molecule has 0 aromatic heterocycles. The molecule has 0 spiro atoms. The third-order valence-electron chi connectivity index (χ3n) is 3.89. The van der Waals surface area contributed by atoms with Crippen LogP contribution < -0.4 is 16.0 Å². The van der Waals surface area contributed by atoms with Gasteiger partial charge in [0.15, 0.2) is 5.96 Å². The molecule has 0 atom stereocenters. The van der Waals surface area contributed by atoms with E-state index in [0.29, 0.717) is 18.9 Å². The van der Waals surface area contributed by atoms with Crippen molar-refractivity contribution in [2.24, 2.45) is 10.9 Å². The Balaban J connectivity index is 1.96. The van der Waals surface area contributed by atoms with E-state index >= 15 is 0 Å². The van der Waals surface area contributed by atoms with E-state index in [-0.39, 0.29) is 5.91 Å². The summed E-state index contributed by atoms with van der Waals surface area (Å²) in [5.41, 5.74) is 0. The SMILES string of the molecule is CCCNC(=O)CCNC(=NC)NCCCOCC1CCOCC1. The van der Waals surface area contributed by atoms with Crippen molar-refractivity contribution in [3.05, 3.63) is 0 Å². The van der Waals surface area contributed by atoms with Gasteiger partial charge in [0, 0.05) is 59.5 Å². The fourth-order valence-electron chi connectivity index (χ4n) is 2.41. The first kappa shape index (κ1) is 20.7. The Morgan fingerprint density at radius 3 is 2.62 bits per heavy atom. The lowest BCUT2D eigenvalue weighted by atomic mass is 10.0. The van der Waals surface area contributed by atoms with Crippen molar-refractivity contribution in [1.82, 2.24) is 16.0 Å². The lowest BCUT2D eigenvalue weighted by Gasteiger charge is -2.21. The van der Waals surface area contributed by atoms with Crippen LogP contribution in [0.5, 0.6) is 0 Å². The van der Waals surface area contributed by atoms with E-state index in [9.17, 15) is 4.79 Å². The first-order valence-electron chi connectivity index (χ1n) is 9.13. The van der Waals surface area contributed by atoms with Gasteiger partial charge in [-0.05, 0) is 31.6 Å². The molecule has 0 aliphatic carbocycles. The maximum absolute atomic E-state index is 11.5. The normalized spacial score (nSPS) is 16.0. The molecule has 0 saturated carbocycles. The number of nitrogens with zero attached hydrogens (tertiary/aromatic N) is 1. The van der Waals surface area contributed by atoms with Crippen LogP contribution in [0.25, 0.3) is 0 Å². The summed E-state index contributed by atoms with van der Waals surface area (Å²) in [6.07, 6.45) is 4.57.